The number of piperidine rings is 1. The summed E-state index contributed by atoms with van der Waals surface area (Å²) in [6.45, 7) is 13.3. The van der Waals surface area contributed by atoms with Gasteiger partial charge in [-0.05, 0) is 52.1 Å². The molecule has 1 aliphatic rings. The Labute approximate surface area is 137 Å². The van der Waals surface area contributed by atoms with Crippen LogP contribution in [-0.4, -0.2) is 49.7 Å². The largest absolute Gasteiger partial charge is 0.377 e. The number of nitrogens with zero attached hydrogens (tertiary/aromatic N) is 1. The molecule has 1 heterocycles. The highest BCUT2D eigenvalue weighted by atomic mass is 16.5. The molecule has 1 amide bonds. The van der Waals surface area contributed by atoms with Crippen LogP contribution < -0.4 is 5.32 Å². The van der Waals surface area contributed by atoms with E-state index in [0.29, 0.717) is 6.10 Å². The first kappa shape index (κ1) is 19.4. The van der Waals surface area contributed by atoms with Crippen LogP contribution in [0.15, 0.2) is 0 Å². The Morgan fingerprint density at radius 1 is 1.18 bits per heavy atom. The van der Waals surface area contributed by atoms with Crippen molar-refractivity contribution in [1.82, 2.24) is 10.2 Å². The molecule has 4 nitrogen and oxygen atoms in total. The molecule has 0 bridgehead atoms. The summed E-state index contributed by atoms with van der Waals surface area (Å²) in [7, 11) is 0. The third kappa shape index (κ3) is 8.74. The van der Waals surface area contributed by atoms with Gasteiger partial charge < -0.3 is 15.0 Å². The fourth-order valence-electron chi connectivity index (χ4n) is 2.87. The Morgan fingerprint density at radius 2 is 1.86 bits per heavy atom. The van der Waals surface area contributed by atoms with E-state index in [1.165, 1.54) is 12.8 Å². The van der Waals surface area contributed by atoms with E-state index < -0.39 is 0 Å². The highest BCUT2D eigenvalue weighted by Gasteiger charge is 2.24. The summed E-state index contributed by atoms with van der Waals surface area (Å²) < 4.78 is 5.59. The smallest absolute Gasteiger partial charge is 0.223 e. The third-order valence-electron chi connectivity index (χ3n) is 4.32. The highest BCUT2D eigenvalue weighted by molar-refractivity contribution is 5.78. The van der Waals surface area contributed by atoms with Gasteiger partial charge in [-0.3, -0.25) is 4.79 Å². The zero-order valence-corrected chi connectivity index (χ0v) is 15.1. The fraction of sp³-hybridized carbons (Fsp3) is 0.944. The molecule has 0 atom stereocenters. The summed E-state index contributed by atoms with van der Waals surface area (Å²) in [5.74, 6) is 1.25. The van der Waals surface area contributed by atoms with Gasteiger partial charge >= 0.3 is 0 Å². The molecule has 4 heteroatoms. The minimum atomic E-state index is 0.215. The maximum atomic E-state index is 12.2. The Hall–Kier alpha value is -0.610. The van der Waals surface area contributed by atoms with Gasteiger partial charge in [0, 0.05) is 19.0 Å². The van der Waals surface area contributed by atoms with Crippen LogP contribution in [0.4, 0.5) is 0 Å². The molecule has 1 rings (SSSR count). The van der Waals surface area contributed by atoms with Gasteiger partial charge in [0.2, 0.25) is 5.91 Å². The molecule has 0 saturated carbocycles. The molecule has 0 spiro atoms. The number of carbonyl (C=O) groups excluding carboxylic acids is 1. The van der Waals surface area contributed by atoms with Crippen LogP contribution in [0.2, 0.25) is 0 Å². The average molecular weight is 312 g/mol. The van der Waals surface area contributed by atoms with E-state index in [1.807, 2.05) is 0 Å². The lowest BCUT2D eigenvalue weighted by Gasteiger charge is -2.31. The zero-order chi connectivity index (χ0) is 16.4. The highest BCUT2D eigenvalue weighted by Crippen LogP contribution is 2.17. The Morgan fingerprint density at radius 3 is 2.45 bits per heavy atom. The minimum absolute atomic E-state index is 0.215. The molecule has 1 fully saturated rings. The van der Waals surface area contributed by atoms with Crippen molar-refractivity contribution in [2.75, 3.05) is 32.8 Å². The topological polar surface area (TPSA) is 41.6 Å². The third-order valence-corrected chi connectivity index (χ3v) is 4.32. The van der Waals surface area contributed by atoms with Gasteiger partial charge in [0.25, 0.3) is 0 Å². The number of nitrogens with one attached hydrogen (secondary N) is 1. The molecule has 1 saturated heterocycles. The van der Waals surface area contributed by atoms with Crippen LogP contribution in [0.3, 0.4) is 0 Å². The number of likely N-dealkylation sites (tertiary alicyclic amines) is 1. The number of carbonyl (C=O) groups is 1. The molecule has 0 aromatic heterocycles. The van der Waals surface area contributed by atoms with Gasteiger partial charge in [-0.2, -0.15) is 0 Å². The van der Waals surface area contributed by atoms with Crippen molar-refractivity contribution in [3.63, 3.8) is 0 Å². The Balaban J connectivity index is 2.07. The van der Waals surface area contributed by atoms with Crippen LogP contribution in [0.5, 0.6) is 0 Å². The van der Waals surface area contributed by atoms with Crippen molar-refractivity contribution >= 4 is 5.91 Å². The molecule has 1 aliphatic heterocycles. The van der Waals surface area contributed by atoms with E-state index in [0.717, 1.165) is 58.0 Å². The van der Waals surface area contributed by atoms with Crippen LogP contribution >= 0.6 is 0 Å². The standard InChI is InChI=1S/C18H36N2O2/c1-15(2)7-5-6-10-19-18(21)17-8-11-20(12-9-17)13-14-22-16(3)4/h15-17H,5-14H2,1-4H3,(H,19,21). The SMILES string of the molecule is CC(C)CCCCNC(=O)C1CCN(CCOC(C)C)CC1. The zero-order valence-electron chi connectivity index (χ0n) is 15.1. The van der Waals surface area contributed by atoms with E-state index in [-0.39, 0.29) is 11.8 Å². The molecule has 0 aliphatic carbocycles. The van der Waals surface area contributed by atoms with Crippen molar-refractivity contribution in [1.29, 1.82) is 0 Å². The molecule has 130 valence electrons. The first-order valence-electron chi connectivity index (χ1n) is 9.10. The van der Waals surface area contributed by atoms with E-state index in [4.69, 9.17) is 4.74 Å². The summed E-state index contributed by atoms with van der Waals surface area (Å²) in [5, 5.41) is 3.12. The predicted octanol–water partition coefficient (Wildman–Crippen LogP) is 3.07. The molecule has 22 heavy (non-hydrogen) atoms. The maximum absolute atomic E-state index is 12.2. The molecular weight excluding hydrogens is 276 g/mol. The van der Waals surface area contributed by atoms with Crippen LogP contribution in [0, 0.1) is 11.8 Å². The number of hydrogen-bond donors (Lipinski definition) is 1. The molecule has 0 aromatic carbocycles. The Bertz CT molecular complexity index is 297. The fourth-order valence-corrected chi connectivity index (χ4v) is 2.87. The number of amides is 1. The van der Waals surface area contributed by atoms with Crippen molar-refractivity contribution in [2.45, 2.75) is 65.9 Å². The average Bonchev–Trinajstić information content (AvgIpc) is 2.46. The predicted molar refractivity (Wildman–Crippen MR) is 92.0 cm³/mol. The van der Waals surface area contributed by atoms with E-state index >= 15 is 0 Å². The molecule has 0 radical (unpaired) electrons. The first-order chi connectivity index (χ1) is 10.5. The summed E-state index contributed by atoms with van der Waals surface area (Å²) >= 11 is 0. The number of ether oxygens (including phenoxy) is 1. The van der Waals surface area contributed by atoms with E-state index in [1.54, 1.807) is 0 Å². The van der Waals surface area contributed by atoms with Gasteiger partial charge in [-0.25, -0.2) is 0 Å². The van der Waals surface area contributed by atoms with Crippen molar-refractivity contribution in [3.8, 4) is 0 Å². The van der Waals surface area contributed by atoms with Crippen molar-refractivity contribution in [2.24, 2.45) is 11.8 Å². The number of hydrogen-bond acceptors (Lipinski definition) is 3. The lowest BCUT2D eigenvalue weighted by atomic mass is 9.96. The van der Waals surface area contributed by atoms with Crippen molar-refractivity contribution < 1.29 is 9.53 Å². The summed E-state index contributed by atoms with van der Waals surface area (Å²) in [4.78, 5) is 14.6. The van der Waals surface area contributed by atoms with E-state index in [9.17, 15) is 4.79 Å². The molecule has 0 aromatic rings. The quantitative estimate of drug-likeness (QED) is 0.630. The second-order valence-electron chi connectivity index (χ2n) is 7.22. The second kappa shape index (κ2) is 11.0. The Kier molecular flexibility index (Phi) is 9.73. The lowest BCUT2D eigenvalue weighted by molar-refractivity contribution is -0.126. The van der Waals surface area contributed by atoms with Crippen LogP contribution in [0.1, 0.15) is 59.8 Å². The molecular formula is C18H36N2O2. The molecule has 0 unspecified atom stereocenters. The van der Waals surface area contributed by atoms with Crippen LogP contribution in [0.25, 0.3) is 0 Å². The number of rotatable bonds is 10. The van der Waals surface area contributed by atoms with Gasteiger partial charge in [0.15, 0.2) is 0 Å². The van der Waals surface area contributed by atoms with E-state index in [2.05, 4.69) is 37.9 Å². The van der Waals surface area contributed by atoms with Crippen LogP contribution in [-0.2, 0) is 9.53 Å². The minimum Gasteiger partial charge on any atom is -0.377 e. The summed E-state index contributed by atoms with van der Waals surface area (Å²) in [6, 6.07) is 0. The van der Waals surface area contributed by atoms with Gasteiger partial charge in [0.1, 0.15) is 0 Å². The summed E-state index contributed by atoms with van der Waals surface area (Å²) in [6.07, 6.45) is 5.85. The lowest BCUT2D eigenvalue weighted by Crippen LogP contribution is -2.41. The monoisotopic (exact) mass is 312 g/mol. The maximum Gasteiger partial charge on any atom is 0.223 e. The molecule has 1 N–H and O–H groups in total. The normalized spacial score (nSPS) is 17.4. The first-order valence-corrected chi connectivity index (χ1v) is 9.10. The van der Waals surface area contributed by atoms with Crippen molar-refractivity contribution in [3.05, 3.63) is 0 Å². The summed E-state index contributed by atoms with van der Waals surface area (Å²) in [5.41, 5.74) is 0. The number of unbranched alkanes of at least 4 members (excludes halogenated alkanes) is 1. The van der Waals surface area contributed by atoms with Gasteiger partial charge in [-0.1, -0.05) is 26.7 Å². The van der Waals surface area contributed by atoms with Gasteiger partial charge in [0.05, 0.1) is 12.7 Å². The van der Waals surface area contributed by atoms with Gasteiger partial charge in [-0.15, -0.1) is 0 Å². The second-order valence-corrected chi connectivity index (χ2v) is 7.22.